The second-order valence-electron chi connectivity index (χ2n) is 3.55. The Hall–Kier alpha value is -0.690. The van der Waals surface area contributed by atoms with Crippen LogP contribution >= 0.6 is 0 Å². The van der Waals surface area contributed by atoms with E-state index in [4.69, 9.17) is 20.3 Å². The number of rotatable bonds is 1. The van der Waals surface area contributed by atoms with Gasteiger partial charge in [0.1, 0.15) is 12.1 Å². The Morgan fingerprint density at radius 1 is 1.57 bits per heavy atom. The highest BCUT2D eigenvalue weighted by Gasteiger charge is 2.47. The minimum atomic E-state index is -0.903. The standard InChI is InChI=1S/C8H14N2O4/c1-3-10-6-5(9)7(12)4(2-11)14-8(6)13-3/h4-8,11-12H,2,9H2,1H3/t4-,5-,6-,7+,8+/m1/s1. The first-order valence-corrected chi connectivity index (χ1v) is 4.54. The summed E-state index contributed by atoms with van der Waals surface area (Å²) < 4.78 is 10.5. The fraction of sp³-hybridized carbons (Fsp3) is 0.875. The van der Waals surface area contributed by atoms with E-state index in [0.29, 0.717) is 5.90 Å². The zero-order valence-corrected chi connectivity index (χ0v) is 7.83. The molecule has 14 heavy (non-hydrogen) atoms. The Balaban J connectivity index is 2.14. The van der Waals surface area contributed by atoms with Crippen molar-refractivity contribution in [3.8, 4) is 0 Å². The summed E-state index contributed by atoms with van der Waals surface area (Å²) in [7, 11) is 0. The van der Waals surface area contributed by atoms with Crippen LogP contribution in [0, 0.1) is 0 Å². The summed E-state index contributed by atoms with van der Waals surface area (Å²) in [5.41, 5.74) is 5.76. The molecule has 6 nitrogen and oxygen atoms in total. The van der Waals surface area contributed by atoms with Gasteiger partial charge in [0, 0.05) is 6.92 Å². The van der Waals surface area contributed by atoms with Crippen LogP contribution in [-0.2, 0) is 9.47 Å². The summed E-state index contributed by atoms with van der Waals surface area (Å²) in [5, 5.41) is 18.6. The molecule has 2 aliphatic rings. The third-order valence-corrected chi connectivity index (χ3v) is 2.55. The smallest absolute Gasteiger partial charge is 0.226 e. The molecule has 1 saturated heterocycles. The lowest BCUT2D eigenvalue weighted by Crippen LogP contribution is -2.60. The van der Waals surface area contributed by atoms with E-state index in [0.717, 1.165) is 0 Å². The van der Waals surface area contributed by atoms with Crippen LogP contribution < -0.4 is 5.73 Å². The molecule has 0 aromatic carbocycles. The molecule has 0 aromatic rings. The molecule has 0 spiro atoms. The molecule has 0 bridgehead atoms. The monoisotopic (exact) mass is 202 g/mol. The summed E-state index contributed by atoms with van der Waals surface area (Å²) in [6, 6.07) is -0.920. The van der Waals surface area contributed by atoms with Crippen molar-refractivity contribution in [3.63, 3.8) is 0 Å². The Morgan fingerprint density at radius 3 is 2.93 bits per heavy atom. The van der Waals surface area contributed by atoms with Crippen molar-refractivity contribution in [1.82, 2.24) is 0 Å². The minimum absolute atomic E-state index is 0.277. The summed E-state index contributed by atoms with van der Waals surface area (Å²) in [6.45, 7) is 1.43. The minimum Gasteiger partial charge on any atom is -0.450 e. The van der Waals surface area contributed by atoms with Crippen LogP contribution in [0.15, 0.2) is 4.99 Å². The maximum Gasteiger partial charge on any atom is 0.226 e. The lowest BCUT2D eigenvalue weighted by Gasteiger charge is -2.37. The fourth-order valence-corrected chi connectivity index (χ4v) is 1.77. The summed E-state index contributed by atoms with van der Waals surface area (Å²) in [4.78, 5) is 4.11. The Morgan fingerprint density at radius 2 is 2.29 bits per heavy atom. The molecule has 80 valence electrons. The molecule has 2 heterocycles. The first-order chi connectivity index (χ1) is 6.63. The van der Waals surface area contributed by atoms with E-state index in [1.54, 1.807) is 6.92 Å². The molecule has 2 rings (SSSR count). The molecule has 4 N–H and O–H groups in total. The van der Waals surface area contributed by atoms with Crippen LogP contribution in [0.3, 0.4) is 0 Å². The van der Waals surface area contributed by atoms with Crippen LogP contribution in [0.1, 0.15) is 6.92 Å². The summed E-state index contributed by atoms with van der Waals surface area (Å²) >= 11 is 0. The van der Waals surface area contributed by atoms with Crippen molar-refractivity contribution in [1.29, 1.82) is 0 Å². The number of hydrogen-bond acceptors (Lipinski definition) is 6. The van der Waals surface area contributed by atoms with E-state index in [-0.39, 0.29) is 12.6 Å². The predicted molar refractivity (Wildman–Crippen MR) is 47.7 cm³/mol. The van der Waals surface area contributed by atoms with E-state index in [2.05, 4.69) is 4.99 Å². The molecular formula is C8H14N2O4. The van der Waals surface area contributed by atoms with Crippen LogP contribution in [0.25, 0.3) is 0 Å². The van der Waals surface area contributed by atoms with E-state index < -0.39 is 24.5 Å². The van der Waals surface area contributed by atoms with E-state index in [9.17, 15) is 5.11 Å². The number of hydrogen-bond donors (Lipinski definition) is 3. The van der Waals surface area contributed by atoms with Crippen molar-refractivity contribution in [3.05, 3.63) is 0 Å². The maximum atomic E-state index is 9.64. The highest BCUT2D eigenvalue weighted by Crippen LogP contribution is 2.27. The highest BCUT2D eigenvalue weighted by atomic mass is 16.7. The molecule has 0 amide bonds. The predicted octanol–water partition coefficient (Wildman–Crippen LogP) is -1.79. The van der Waals surface area contributed by atoms with Gasteiger partial charge in [-0.25, -0.2) is 4.99 Å². The number of fused-ring (bicyclic) bond motifs is 1. The normalized spacial score (nSPS) is 46.9. The topological polar surface area (TPSA) is 97.3 Å². The van der Waals surface area contributed by atoms with Crippen LogP contribution in [0.4, 0.5) is 0 Å². The first kappa shape index (κ1) is 9.85. The number of aliphatic hydroxyl groups is 2. The van der Waals surface area contributed by atoms with Gasteiger partial charge in [-0.2, -0.15) is 0 Å². The van der Waals surface area contributed by atoms with Gasteiger partial charge in [-0.05, 0) is 0 Å². The van der Waals surface area contributed by atoms with Gasteiger partial charge in [0.05, 0.1) is 18.8 Å². The first-order valence-electron chi connectivity index (χ1n) is 4.54. The van der Waals surface area contributed by atoms with Crippen LogP contribution in [0.5, 0.6) is 0 Å². The Labute approximate surface area is 81.3 Å². The van der Waals surface area contributed by atoms with Gasteiger partial charge in [0.2, 0.25) is 6.29 Å². The Bertz CT molecular complexity index is 258. The van der Waals surface area contributed by atoms with E-state index in [1.165, 1.54) is 0 Å². The van der Waals surface area contributed by atoms with Gasteiger partial charge in [0.15, 0.2) is 5.90 Å². The maximum absolute atomic E-state index is 9.64. The Kier molecular flexibility index (Phi) is 2.44. The van der Waals surface area contributed by atoms with Gasteiger partial charge in [0.25, 0.3) is 0 Å². The second-order valence-corrected chi connectivity index (χ2v) is 3.55. The number of nitrogens with zero attached hydrogens (tertiary/aromatic N) is 1. The third-order valence-electron chi connectivity index (χ3n) is 2.55. The molecule has 0 aromatic heterocycles. The van der Waals surface area contributed by atoms with Crippen molar-refractivity contribution in [2.24, 2.45) is 10.7 Å². The average Bonchev–Trinajstić information content (AvgIpc) is 2.52. The zero-order chi connectivity index (χ0) is 10.3. The number of nitrogens with two attached hydrogens (primary N) is 1. The quantitative estimate of drug-likeness (QED) is 0.466. The lowest BCUT2D eigenvalue weighted by molar-refractivity contribution is -0.206. The molecule has 0 radical (unpaired) electrons. The van der Waals surface area contributed by atoms with Crippen molar-refractivity contribution in [2.75, 3.05) is 6.61 Å². The third kappa shape index (κ3) is 1.40. The summed E-state index contributed by atoms with van der Waals surface area (Å²) in [6.07, 6.45) is -2.16. The van der Waals surface area contributed by atoms with Gasteiger partial charge < -0.3 is 25.4 Å². The number of aliphatic imine (C=N–C) groups is 1. The molecular weight excluding hydrogens is 188 g/mol. The van der Waals surface area contributed by atoms with Gasteiger partial charge in [-0.15, -0.1) is 0 Å². The molecule has 0 aliphatic carbocycles. The second kappa shape index (κ2) is 3.47. The fourth-order valence-electron chi connectivity index (χ4n) is 1.77. The van der Waals surface area contributed by atoms with Crippen LogP contribution in [-0.4, -0.2) is 53.3 Å². The van der Waals surface area contributed by atoms with Crippen LogP contribution in [0.2, 0.25) is 0 Å². The van der Waals surface area contributed by atoms with E-state index >= 15 is 0 Å². The van der Waals surface area contributed by atoms with Gasteiger partial charge >= 0.3 is 0 Å². The number of aliphatic hydroxyl groups excluding tert-OH is 2. The molecule has 1 fully saturated rings. The number of ether oxygens (including phenoxy) is 2. The van der Waals surface area contributed by atoms with Gasteiger partial charge in [-0.1, -0.05) is 0 Å². The lowest BCUT2D eigenvalue weighted by atomic mass is 9.96. The summed E-state index contributed by atoms with van der Waals surface area (Å²) in [5.74, 6) is 0.501. The highest BCUT2D eigenvalue weighted by molar-refractivity contribution is 5.75. The molecule has 0 saturated carbocycles. The molecule has 2 aliphatic heterocycles. The molecule has 0 unspecified atom stereocenters. The molecule has 6 heteroatoms. The molecule has 5 atom stereocenters. The zero-order valence-electron chi connectivity index (χ0n) is 7.83. The van der Waals surface area contributed by atoms with E-state index in [1.807, 2.05) is 0 Å². The largest absolute Gasteiger partial charge is 0.450 e. The SMILES string of the molecule is CC1=N[C@H]2[C@@H](O1)O[C@H](CO)[C@H](O)[C@@H]2N. The van der Waals surface area contributed by atoms with Crippen molar-refractivity contribution in [2.45, 2.75) is 37.5 Å². The van der Waals surface area contributed by atoms with Crippen molar-refractivity contribution >= 4 is 5.90 Å². The van der Waals surface area contributed by atoms with Gasteiger partial charge in [-0.3, -0.25) is 0 Å². The average molecular weight is 202 g/mol. The van der Waals surface area contributed by atoms with Crippen molar-refractivity contribution < 1.29 is 19.7 Å².